The van der Waals surface area contributed by atoms with Crippen LogP contribution in [-0.4, -0.2) is 16.7 Å². The van der Waals surface area contributed by atoms with Crippen molar-refractivity contribution in [2.75, 3.05) is 6.54 Å². The van der Waals surface area contributed by atoms with Gasteiger partial charge in [0.1, 0.15) is 0 Å². The molecule has 3 nitrogen and oxygen atoms in total. The smallest absolute Gasteiger partial charge is 0.0651 e. The highest BCUT2D eigenvalue weighted by Crippen LogP contribution is 2.25. The number of benzene rings is 1. The van der Waals surface area contributed by atoms with Gasteiger partial charge >= 0.3 is 0 Å². The van der Waals surface area contributed by atoms with E-state index in [1.165, 1.54) is 23.1 Å². The fraction of sp³-hybridized carbons (Fsp3) is 0.444. The first-order chi connectivity index (χ1) is 10.2. The lowest BCUT2D eigenvalue weighted by Gasteiger charge is -2.21. The fourth-order valence-electron chi connectivity index (χ4n) is 2.69. The molecule has 2 aromatic rings. The summed E-state index contributed by atoms with van der Waals surface area (Å²) in [6, 6.07) is 11.2. The van der Waals surface area contributed by atoms with E-state index < -0.39 is 0 Å². The zero-order valence-electron chi connectivity index (χ0n) is 13.5. The molecule has 1 unspecified atom stereocenters. The van der Waals surface area contributed by atoms with Crippen LogP contribution in [0.5, 0.6) is 0 Å². The Morgan fingerprint density at radius 1 is 1.10 bits per heavy atom. The first-order valence-electron chi connectivity index (χ1n) is 7.78. The average molecular weight is 283 g/mol. The monoisotopic (exact) mass is 283 g/mol. The minimum Gasteiger partial charge on any atom is -0.306 e. The molecule has 0 fully saturated rings. The summed E-state index contributed by atoms with van der Waals surface area (Å²) in [6.45, 7) is 9.30. The predicted molar refractivity (Wildman–Crippen MR) is 87.5 cm³/mol. The fourth-order valence-corrected chi connectivity index (χ4v) is 2.69. The van der Waals surface area contributed by atoms with Crippen molar-refractivity contribution in [2.45, 2.75) is 46.6 Å². The van der Waals surface area contributed by atoms with Crippen LogP contribution >= 0.6 is 0 Å². The highest BCUT2D eigenvalue weighted by Gasteiger charge is 2.17. The molecule has 0 aliphatic heterocycles. The van der Waals surface area contributed by atoms with Crippen molar-refractivity contribution in [2.24, 2.45) is 0 Å². The van der Waals surface area contributed by atoms with E-state index in [1.807, 2.05) is 13.8 Å². The third kappa shape index (κ3) is 3.88. The van der Waals surface area contributed by atoms with Gasteiger partial charge in [-0.05, 0) is 49.6 Å². The largest absolute Gasteiger partial charge is 0.306 e. The zero-order chi connectivity index (χ0) is 15.2. The number of aromatic nitrogens is 2. The lowest BCUT2D eigenvalue weighted by atomic mass is 9.95. The quantitative estimate of drug-likeness (QED) is 0.877. The normalized spacial score (nSPS) is 12.4. The van der Waals surface area contributed by atoms with E-state index in [-0.39, 0.29) is 6.04 Å². The van der Waals surface area contributed by atoms with Crippen LogP contribution in [0.2, 0.25) is 0 Å². The zero-order valence-corrected chi connectivity index (χ0v) is 13.5. The van der Waals surface area contributed by atoms with Crippen LogP contribution in [0.15, 0.2) is 30.3 Å². The molecule has 1 heterocycles. The van der Waals surface area contributed by atoms with Gasteiger partial charge in [-0.15, -0.1) is 0 Å². The van der Waals surface area contributed by atoms with Crippen molar-refractivity contribution >= 4 is 0 Å². The van der Waals surface area contributed by atoms with Crippen LogP contribution in [0.25, 0.3) is 0 Å². The molecule has 0 saturated carbocycles. The number of nitrogens with one attached hydrogen (secondary N) is 1. The van der Waals surface area contributed by atoms with E-state index in [2.05, 4.69) is 59.7 Å². The summed E-state index contributed by atoms with van der Waals surface area (Å²) in [7, 11) is 0. The minimum absolute atomic E-state index is 0.181. The minimum atomic E-state index is 0.181. The first kappa shape index (κ1) is 15.6. The van der Waals surface area contributed by atoms with Crippen LogP contribution in [-0.2, 0) is 6.42 Å². The Bertz CT molecular complexity index is 593. The molecule has 21 heavy (non-hydrogen) atoms. The van der Waals surface area contributed by atoms with Crippen molar-refractivity contribution < 1.29 is 0 Å². The maximum absolute atomic E-state index is 4.28. The topological polar surface area (TPSA) is 37.8 Å². The van der Waals surface area contributed by atoms with Gasteiger partial charge in [-0.2, -0.15) is 10.2 Å². The van der Waals surface area contributed by atoms with E-state index in [0.717, 1.165) is 24.4 Å². The van der Waals surface area contributed by atoms with Gasteiger partial charge in [0.15, 0.2) is 0 Å². The molecule has 1 aromatic carbocycles. The van der Waals surface area contributed by atoms with Crippen LogP contribution in [0.4, 0.5) is 0 Å². The third-order valence-corrected chi connectivity index (χ3v) is 3.68. The molecule has 0 aliphatic carbocycles. The van der Waals surface area contributed by atoms with Crippen molar-refractivity contribution in [3.63, 3.8) is 0 Å². The van der Waals surface area contributed by atoms with Crippen molar-refractivity contribution in [3.8, 4) is 0 Å². The van der Waals surface area contributed by atoms with Crippen LogP contribution < -0.4 is 5.32 Å². The Balaban J connectivity index is 2.42. The van der Waals surface area contributed by atoms with E-state index >= 15 is 0 Å². The van der Waals surface area contributed by atoms with E-state index in [4.69, 9.17) is 0 Å². The second kappa shape index (κ2) is 7.32. The maximum atomic E-state index is 4.28. The number of nitrogens with zero attached hydrogens (tertiary/aromatic N) is 2. The summed E-state index contributed by atoms with van der Waals surface area (Å²) in [5.74, 6) is 0. The summed E-state index contributed by atoms with van der Waals surface area (Å²) >= 11 is 0. The predicted octanol–water partition coefficient (Wildman–Crippen LogP) is 3.74. The molecular formula is C18H25N3. The van der Waals surface area contributed by atoms with Gasteiger partial charge in [0, 0.05) is 0 Å². The van der Waals surface area contributed by atoms with Crippen LogP contribution in [0.3, 0.4) is 0 Å². The second-order valence-corrected chi connectivity index (χ2v) is 5.51. The molecule has 0 amide bonds. The Hall–Kier alpha value is -1.74. The molecule has 3 heteroatoms. The Kier molecular flexibility index (Phi) is 5.45. The van der Waals surface area contributed by atoms with Gasteiger partial charge in [0.05, 0.1) is 17.4 Å². The summed E-state index contributed by atoms with van der Waals surface area (Å²) in [5, 5.41) is 12.0. The molecule has 1 N–H and O–H groups in total. The molecule has 0 radical (unpaired) electrons. The molecule has 0 spiro atoms. The average Bonchev–Trinajstić information content (AvgIpc) is 2.48. The summed E-state index contributed by atoms with van der Waals surface area (Å²) in [5.41, 5.74) is 5.88. The molecule has 1 atom stereocenters. The van der Waals surface area contributed by atoms with Gasteiger partial charge in [-0.1, -0.05) is 44.5 Å². The number of hydrogen-bond donors (Lipinski definition) is 1. The number of aryl methyl sites for hydroxylation is 3. The summed E-state index contributed by atoms with van der Waals surface area (Å²) in [6.07, 6.45) is 2.30. The Labute approximate surface area is 127 Å². The van der Waals surface area contributed by atoms with E-state index in [1.54, 1.807) is 0 Å². The van der Waals surface area contributed by atoms with Crippen molar-refractivity contribution in [1.29, 1.82) is 0 Å². The van der Waals surface area contributed by atoms with Crippen LogP contribution in [0, 0.1) is 13.8 Å². The highest BCUT2D eigenvalue weighted by molar-refractivity contribution is 5.36. The van der Waals surface area contributed by atoms with Gasteiger partial charge in [0.25, 0.3) is 0 Å². The third-order valence-electron chi connectivity index (χ3n) is 3.68. The molecule has 0 bridgehead atoms. The van der Waals surface area contributed by atoms with Gasteiger partial charge in [-0.3, -0.25) is 0 Å². The summed E-state index contributed by atoms with van der Waals surface area (Å²) < 4.78 is 0. The summed E-state index contributed by atoms with van der Waals surface area (Å²) in [4.78, 5) is 0. The van der Waals surface area contributed by atoms with E-state index in [9.17, 15) is 0 Å². The second-order valence-electron chi connectivity index (χ2n) is 5.51. The molecule has 0 saturated heterocycles. The molecular weight excluding hydrogens is 258 g/mol. The van der Waals surface area contributed by atoms with Crippen molar-refractivity contribution in [3.05, 3.63) is 58.4 Å². The number of rotatable bonds is 6. The number of hydrogen-bond acceptors (Lipinski definition) is 3. The van der Waals surface area contributed by atoms with Gasteiger partial charge < -0.3 is 5.32 Å². The molecule has 112 valence electrons. The molecule has 2 rings (SSSR count). The maximum Gasteiger partial charge on any atom is 0.0651 e. The van der Waals surface area contributed by atoms with Gasteiger partial charge in [-0.25, -0.2) is 0 Å². The highest BCUT2D eigenvalue weighted by atomic mass is 15.1. The first-order valence-corrected chi connectivity index (χ1v) is 7.78. The van der Waals surface area contributed by atoms with Gasteiger partial charge in [0.2, 0.25) is 0 Å². The SMILES string of the molecule is CCCc1cccc(C(NCC)c2cc(C)nnc2C)c1. The lowest BCUT2D eigenvalue weighted by Crippen LogP contribution is -2.23. The van der Waals surface area contributed by atoms with Crippen LogP contribution in [0.1, 0.15) is 54.4 Å². The lowest BCUT2D eigenvalue weighted by molar-refractivity contribution is 0.619. The van der Waals surface area contributed by atoms with Crippen molar-refractivity contribution in [1.82, 2.24) is 15.5 Å². The molecule has 1 aromatic heterocycles. The Morgan fingerprint density at radius 2 is 1.90 bits per heavy atom. The molecule has 0 aliphatic rings. The van der Waals surface area contributed by atoms with E-state index in [0.29, 0.717) is 0 Å². The Morgan fingerprint density at radius 3 is 2.62 bits per heavy atom. The standard InChI is InChI=1S/C18H25N3/c1-5-8-15-9-7-10-16(12-15)18(19-6-2)17-11-13(3)20-21-14(17)4/h7,9-12,18-19H,5-6,8H2,1-4H3.